The monoisotopic (exact) mass is 393 g/mol. The van der Waals surface area contributed by atoms with E-state index in [1.807, 2.05) is 24.4 Å². The quantitative estimate of drug-likeness (QED) is 0.703. The Kier molecular flexibility index (Phi) is 5.41. The minimum atomic E-state index is 0.174. The summed E-state index contributed by atoms with van der Waals surface area (Å²) in [5, 5.41) is 8.82. The highest BCUT2D eigenvalue weighted by atomic mass is 16.5. The molecule has 5 rings (SSSR count). The Morgan fingerprint density at radius 2 is 1.83 bits per heavy atom. The Labute approximate surface area is 170 Å². The summed E-state index contributed by atoms with van der Waals surface area (Å²) in [6.45, 7) is 3.39. The average molecular weight is 393 g/mol. The summed E-state index contributed by atoms with van der Waals surface area (Å²) in [7, 11) is 0. The molecule has 2 fully saturated rings. The van der Waals surface area contributed by atoms with Crippen LogP contribution in [0.1, 0.15) is 61.5 Å². The van der Waals surface area contributed by atoms with Crippen LogP contribution in [0.5, 0.6) is 0 Å². The Morgan fingerprint density at radius 3 is 2.69 bits per heavy atom. The van der Waals surface area contributed by atoms with Crippen LogP contribution in [0.4, 0.5) is 0 Å². The molecule has 0 radical (unpaired) electrons. The fraction of sp³-hybridized carbons (Fsp3) is 0.500. The van der Waals surface area contributed by atoms with Gasteiger partial charge in [0, 0.05) is 43.1 Å². The van der Waals surface area contributed by atoms with E-state index in [2.05, 4.69) is 37.2 Å². The van der Waals surface area contributed by atoms with Crippen molar-refractivity contribution < 1.29 is 9.15 Å². The van der Waals surface area contributed by atoms with Gasteiger partial charge in [-0.25, -0.2) is 4.98 Å². The number of nitrogens with one attached hydrogen (secondary N) is 1. The summed E-state index contributed by atoms with van der Waals surface area (Å²) in [4.78, 5) is 10.5. The highest BCUT2D eigenvalue weighted by Gasteiger charge is 2.30. The molecule has 29 heavy (non-hydrogen) atoms. The molecule has 1 atom stereocenters. The van der Waals surface area contributed by atoms with E-state index in [1.165, 1.54) is 12.8 Å². The van der Waals surface area contributed by atoms with E-state index in [9.17, 15) is 0 Å². The number of nitrogens with zero attached hydrogens (tertiary/aromatic N) is 4. The van der Waals surface area contributed by atoms with Crippen molar-refractivity contribution in [1.29, 1.82) is 0 Å². The lowest BCUT2D eigenvalue weighted by atomic mass is 10.0. The second-order valence-corrected chi connectivity index (χ2v) is 7.97. The molecular formula is C22H27N5O2. The number of ether oxygens (including phenoxy) is 1. The predicted molar refractivity (Wildman–Crippen MR) is 108 cm³/mol. The third-order valence-electron chi connectivity index (χ3n) is 5.97. The maximum absolute atomic E-state index is 6.16. The van der Waals surface area contributed by atoms with E-state index in [1.54, 1.807) is 0 Å². The van der Waals surface area contributed by atoms with Gasteiger partial charge < -0.3 is 14.1 Å². The molecule has 7 heteroatoms. The molecular weight excluding hydrogens is 366 g/mol. The molecule has 0 aliphatic carbocycles. The van der Waals surface area contributed by atoms with E-state index in [4.69, 9.17) is 9.15 Å². The Morgan fingerprint density at radius 1 is 1.00 bits per heavy atom. The van der Waals surface area contributed by atoms with Crippen LogP contribution in [0.15, 0.2) is 40.9 Å². The normalized spacial score (nSPS) is 21.4. The number of rotatable bonds is 5. The lowest BCUT2D eigenvalue weighted by molar-refractivity contribution is 0.0767. The van der Waals surface area contributed by atoms with Crippen molar-refractivity contribution in [1.82, 2.24) is 25.1 Å². The van der Waals surface area contributed by atoms with Gasteiger partial charge in [-0.15, -0.1) is 10.2 Å². The molecule has 1 aromatic carbocycles. The highest BCUT2D eigenvalue weighted by Crippen LogP contribution is 2.33. The van der Waals surface area contributed by atoms with Gasteiger partial charge in [0.15, 0.2) is 0 Å². The van der Waals surface area contributed by atoms with E-state index in [0.717, 1.165) is 74.4 Å². The van der Waals surface area contributed by atoms with Crippen molar-refractivity contribution >= 4 is 0 Å². The van der Waals surface area contributed by atoms with Crippen LogP contribution < -0.4 is 0 Å². The Bertz CT molecular complexity index is 916. The highest BCUT2D eigenvalue weighted by molar-refractivity contribution is 5.54. The van der Waals surface area contributed by atoms with Crippen LogP contribution in [0.25, 0.3) is 11.4 Å². The second kappa shape index (κ2) is 8.47. The number of likely N-dealkylation sites (tertiary alicyclic amines) is 1. The average Bonchev–Trinajstić information content (AvgIpc) is 3.46. The lowest BCUT2D eigenvalue weighted by Gasteiger charge is -2.33. The van der Waals surface area contributed by atoms with Gasteiger partial charge in [-0.1, -0.05) is 36.8 Å². The van der Waals surface area contributed by atoms with Crippen molar-refractivity contribution in [3.63, 3.8) is 0 Å². The molecule has 152 valence electrons. The van der Waals surface area contributed by atoms with Gasteiger partial charge in [0.05, 0.1) is 6.04 Å². The molecule has 2 aromatic heterocycles. The maximum Gasteiger partial charge on any atom is 0.233 e. The molecule has 2 saturated heterocycles. The predicted octanol–water partition coefficient (Wildman–Crippen LogP) is 4.08. The summed E-state index contributed by atoms with van der Waals surface area (Å²) in [6, 6.07) is 10.4. The molecule has 0 amide bonds. The van der Waals surface area contributed by atoms with Gasteiger partial charge in [0.25, 0.3) is 0 Å². The summed E-state index contributed by atoms with van der Waals surface area (Å²) in [5.41, 5.74) is 2.21. The van der Waals surface area contributed by atoms with E-state index < -0.39 is 0 Å². The number of benzene rings is 1. The van der Waals surface area contributed by atoms with E-state index >= 15 is 0 Å². The minimum absolute atomic E-state index is 0.174. The zero-order chi connectivity index (χ0) is 19.5. The van der Waals surface area contributed by atoms with Crippen molar-refractivity contribution in [2.45, 2.75) is 50.6 Å². The van der Waals surface area contributed by atoms with Crippen LogP contribution in [0.3, 0.4) is 0 Å². The molecule has 2 aliphatic heterocycles. The standard InChI is InChI=1S/C22H27N5O2/c1-2-6-16(7-3-1)20-23-14-18(24-20)15-27-11-5-4-8-19(27)22-26-25-21(29-22)17-9-12-28-13-10-17/h1-3,6-7,14,17,19H,4-5,8-13,15H2,(H,23,24). The fourth-order valence-electron chi connectivity index (χ4n) is 4.35. The number of imidazole rings is 1. The number of hydrogen-bond donors (Lipinski definition) is 1. The fourth-order valence-corrected chi connectivity index (χ4v) is 4.35. The first kappa shape index (κ1) is 18.5. The van der Waals surface area contributed by atoms with Crippen molar-refractivity contribution in [2.75, 3.05) is 19.8 Å². The zero-order valence-electron chi connectivity index (χ0n) is 16.6. The smallest absolute Gasteiger partial charge is 0.233 e. The van der Waals surface area contributed by atoms with E-state index in [-0.39, 0.29) is 6.04 Å². The summed E-state index contributed by atoms with van der Waals surface area (Å²) in [6.07, 6.45) is 7.30. The van der Waals surface area contributed by atoms with Gasteiger partial charge in [-0.3, -0.25) is 4.90 Å². The topological polar surface area (TPSA) is 80.1 Å². The van der Waals surface area contributed by atoms with E-state index in [0.29, 0.717) is 5.92 Å². The van der Waals surface area contributed by atoms with Crippen LogP contribution in [0, 0.1) is 0 Å². The van der Waals surface area contributed by atoms with Gasteiger partial charge in [-0.2, -0.15) is 0 Å². The molecule has 0 spiro atoms. The molecule has 4 heterocycles. The van der Waals surface area contributed by atoms with Crippen molar-refractivity contribution in [3.8, 4) is 11.4 Å². The Balaban J connectivity index is 1.30. The minimum Gasteiger partial charge on any atom is -0.423 e. The van der Waals surface area contributed by atoms with Gasteiger partial charge in [-0.05, 0) is 32.2 Å². The number of hydrogen-bond acceptors (Lipinski definition) is 6. The van der Waals surface area contributed by atoms with Crippen LogP contribution in [0.2, 0.25) is 0 Å². The van der Waals surface area contributed by atoms with Gasteiger partial charge in [0.2, 0.25) is 11.8 Å². The number of aromatic amines is 1. The zero-order valence-corrected chi connectivity index (χ0v) is 16.6. The molecule has 2 aliphatic rings. The van der Waals surface area contributed by atoms with Crippen LogP contribution >= 0.6 is 0 Å². The molecule has 3 aromatic rings. The lowest BCUT2D eigenvalue weighted by Crippen LogP contribution is -2.33. The third kappa shape index (κ3) is 4.11. The van der Waals surface area contributed by atoms with Crippen LogP contribution in [-0.4, -0.2) is 44.8 Å². The van der Waals surface area contributed by atoms with Gasteiger partial charge in [0.1, 0.15) is 5.82 Å². The Hall–Kier alpha value is -2.51. The number of H-pyrrole nitrogens is 1. The van der Waals surface area contributed by atoms with Crippen molar-refractivity contribution in [2.24, 2.45) is 0 Å². The third-order valence-corrected chi connectivity index (χ3v) is 5.97. The van der Waals surface area contributed by atoms with Crippen LogP contribution in [-0.2, 0) is 11.3 Å². The first-order valence-corrected chi connectivity index (χ1v) is 10.6. The summed E-state index contributed by atoms with van der Waals surface area (Å²) in [5.74, 6) is 2.78. The summed E-state index contributed by atoms with van der Waals surface area (Å²) >= 11 is 0. The second-order valence-electron chi connectivity index (χ2n) is 7.97. The molecule has 7 nitrogen and oxygen atoms in total. The SMILES string of the molecule is c1ccc(-c2ncc(CN3CCCCC3c3nnc(C4CCOCC4)o3)[nH]2)cc1. The van der Waals surface area contributed by atoms with Crippen molar-refractivity contribution in [3.05, 3.63) is 54.0 Å². The molecule has 1 N–H and O–H groups in total. The molecule has 1 unspecified atom stereocenters. The first-order valence-electron chi connectivity index (χ1n) is 10.6. The molecule has 0 bridgehead atoms. The number of aromatic nitrogens is 4. The largest absolute Gasteiger partial charge is 0.423 e. The summed E-state index contributed by atoms with van der Waals surface area (Å²) < 4.78 is 11.6. The van der Waals surface area contributed by atoms with Gasteiger partial charge >= 0.3 is 0 Å². The molecule has 0 saturated carbocycles. The first-order chi connectivity index (χ1) is 14.4. The maximum atomic E-state index is 6.16. The number of piperidine rings is 1.